The van der Waals surface area contributed by atoms with Crippen LogP contribution in [-0.4, -0.2) is 41.5 Å². The molecule has 4 N–H and O–H groups in total. The number of rotatable bonds is 4. The Labute approximate surface area is 91.2 Å². The summed E-state index contributed by atoms with van der Waals surface area (Å²) in [5.41, 5.74) is 4.37. The molecule has 0 rings (SSSR count). The Bertz CT molecular complexity index is 152. The van der Waals surface area contributed by atoms with Gasteiger partial charge in [0.1, 0.15) is 5.60 Å². The van der Waals surface area contributed by atoms with E-state index in [9.17, 15) is 4.79 Å². The van der Waals surface area contributed by atoms with E-state index in [0.717, 1.165) is 0 Å². The van der Waals surface area contributed by atoms with Crippen LogP contribution in [0.1, 0.15) is 33.6 Å². The molecule has 0 saturated carbocycles. The fourth-order valence-corrected chi connectivity index (χ4v) is 0.616. The predicted octanol–water partition coefficient (Wildman–Crippen LogP) is 0.0380. The second kappa shape index (κ2) is 9.89. The summed E-state index contributed by atoms with van der Waals surface area (Å²) in [6, 6.07) is 0. The molecular formula is C10H23NO4. The summed E-state index contributed by atoms with van der Waals surface area (Å²) >= 11 is 0. The summed E-state index contributed by atoms with van der Waals surface area (Å²) in [6.45, 7) is 5.98. The third-order valence-electron chi connectivity index (χ3n) is 1.09. The van der Waals surface area contributed by atoms with Crippen LogP contribution in [0.15, 0.2) is 0 Å². The zero-order chi connectivity index (χ0) is 12.3. The third-order valence-corrected chi connectivity index (χ3v) is 1.09. The fraction of sp³-hybridized carbons (Fsp3) is 0.900. The summed E-state index contributed by atoms with van der Waals surface area (Å²) in [4.78, 5) is 10.9. The molecule has 0 bridgehead atoms. The van der Waals surface area contributed by atoms with Crippen molar-refractivity contribution in [2.45, 2.75) is 39.2 Å². The molecule has 0 heterocycles. The van der Waals surface area contributed by atoms with E-state index in [1.807, 2.05) is 20.8 Å². The highest BCUT2D eigenvalue weighted by molar-refractivity contribution is 5.69. The van der Waals surface area contributed by atoms with Gasteiger partial charge in [0.25, 0.3) is 0 Å². The van der Waals surface area contributed by atoms with Crippen molar-refractivity contribution in [1.82, 2.24) is 0 Å². The number of carbonyl (C=O) groups excluding carboxylic acids is 1. The number of aliphatic hydroxyl groups excluding tert-OH is 2. The Balaban J connectivity index is 0. The number of aliphatic hydroxyl groups is 2. The molecule has 0 aromatic rings. The van der Waals surface area contributed by atoms with Crippen molar-refractivity contribution in [3.8, 4) is 0 Å². The van der Waals surface area contributed by atoms with Crippen LogP contribution >= 0.6 is 0 Å². The van der Waals surface area contributed by atoms with E-state index < -0.39 is 5.60 Å². The maximum Gasteiger partial charge on any atom is 0.306 e. The number of hydrogen-bond donors (Lipinski definition) is 3. The quantitative estimate of drug-likeness (QED) is 0.583. The van der Waals surface area contributed by atoms with Crippen LogP contribution in [0.3, 0.4) is 0 Å². The van der Waals surface area contributed by atoms with Crippen LogP contribution in [-0.2, 0) is 9.53 Å². The number of hydrogen-bond acceptors (Lipinski definition) is 5. The van der Waals surface area contributed by atoms with Gasteiger partial charge in [0, 0.05) is 19.6 Å². The first-order chi connectivity index (χ1) is 6.87. The average Bonchev–Trinajstić information content (AvgIpc) is 2.12. The highest BCUT2D eigenvalue weighted by Gasteiger charge is 2.15. The van der Waals surface area contributed by atoms with Crippen molar-refractivity contribution in [2.75, 3.05) is 19.8 Å². The van der Waals surface area contributed by atoms with Crippen molar-refractivity contribution in [3.63, 3.8) is 0 Å². The highest BCUT2D eigenvalue weighted by Crippen LogP contribution is 2.08. The molecule has 0 aromatic heterocycles. The fourth-order valence-electron chi connectivity index (χ4n) is 0.616. The van der Waals surface area contributed by atoms with Crippen molar-refractivity contribution < 1.29 is 19.7 Å². The summed E-state index contributed by atoms with van der Waals surface area (Å²) in [7, 11) is 0. The maximum atomic E-state index is 10.9. The maximum absolute atomic E-state index is 10.9. The lowest BCUT2D eigenvalue weighted by Gasteiger charge is -2.19. The van der Waals surface area contributed by atoms with E-state index >= 15 is 0 Å². The van der Waals surface area contributed by atoms with E-state index in [2.05, 4.69) is 0 Å². The summed E-state index contributed by atoms with van der Waals surface area (Å²) < 4.78 is 4.99. The van der Waals surface area contributed by atoms with E-state index in [4.69, 9.17) is 20.7 Å². The third kappa shape index (κ3) is 19.7. The number of esters is 1. The molecule has 5 heteroatoms. The van der Waals surface area contributed by atoms with Crippen LogP contribution < -0.4 is 5.73 Å². The molecule has 92 valence electrons. The lowest BCUT2D eigenvalue weighted by atomic mass is 10.2. The summed E-state index contributed by atoms with van der Waals surface area (Å²) in [6.07, 6.45) is 0.780. The van der Waals surface area contributed by atoms with Crippen LogP contribution in [0.25, 0.3) is 0 Å². The van der Waals surface area contributed by atoms with E-state index in [0.29, 0.717) is 19.4 Å². The molecule has 0 aliphatic carbocycles. The van der Waals surface area contributed by atoms with Gasteiger partial charge in [-0.3, -0.25) is 4.79 Å². The van der Waals surface area contributed by atoms with E-state index in [1.165, 1.54) is 0 Å². The van der Waals surface area contributed by atoms with Gasteiger partial charge in [-0.2, -0.15) is 0 Å². The standard InChI is InChI=1S/C8H16O3.C2H7NO/c1-8(2,3)11-7(10)5-4-6-9;3-1-2-4/h9H,4-6H2,1-3H3;4H,1-3H2. The predicted molar refractivity (Wildman–Crippen MR) is 58.3 cm³/mol. The molecule has 5 nitrogen and oxygen atoms in total. The van der Waals surface area contributed by atoms with Gasteiger partial charge < -0.3 is 20.7 Å². The SMILES string of the molecule is CC(C)(C)OC(=O)CCCO.NCCO. The minimum absolute atomic E-state index is 0.0409. The first kappa shape index (κ1) is 16.8. The van der Waals surface area contributed by atoms with Gasteiger partial charge in [0.2, 0.25) is 0 Å². The molecular weight excluding hydrogens is 198 g/mol. The molecule has 0 radical (unpaired) electrons. The molecule has 0 saturated heterocycles. The topological polar surface area (TPSA) is 92.8 Å². The van der Waals surface area contributed by atoms with Gasteiger partial charge in [-0.25, -0.2) is 0 Å². The van der Waals surface area contributed by atoms with Gasteiger partial charge in [-0.05, 0) is 27.2 Å². The smallest absolute Gasteiger partial charge is 0.306 e. The summed E-state index contributed by atoms with van der Waals surface area (Å²) in [5, 5.41) is 16.2. The lowest BCUT2D eigenvalue weighted by molar-refractivity contribution is -0.155. The van der Waals surface area contributed by atoms with Crippen molar-refractivity contribution in [2.24, 2.45) is 5.73 Å². The second-order valence-corrected chi connectivity index (χ2v) is 3.93. The normalized spacial score (nSPS) is 10.3. The van der Waals surface area contributed by atoms with E-state index in [1.54, 1.807) is 0 Å². The number of ether oxygens (including phenoxy) is 1. The van der Waals surface area contributed by atoms with Crippen LogP contribution in [0.4, 0.5) is 0 Å². The van der Waals surface area contributed by atoms with Crippen molar-refractivity contribution in [3.05, 3.63) is 0 Å². The molecule has 0 spiro atoms. The van der Waals surface area contributed by atoms with Crippen LogP contribution in [0.2, 0.25) is 0 Å². The van der Waals surface area contributed by atoms with Gasteiger partial charge in [-0.15, -0.1) is 0 Å². The van der Waals surface area contributed by atoms with Gasteiger partial charge >= 0.3 is 5.97 Å². The Hall–Kier alpha value is -0.650. The van der Waals surface area contributed by atoms with Gasteiger partial charge in [0.05, 0.1) is 6.61 Å². The van der Waals surface area contributed by atoms with Crippen LogP contribution in [0, 0.1) is 0 Å². The molecule has 0 fully saturated rings. The Morgan fingerprint density at radius 2 is 1.73 bits per heavy atom. The second-order valence-electron chi connectivity index (χ2n) is 3.93. The minimum Gasteiger partial charge on any atom is -0.460 e. The molecule has 0 aliphatic heterocycles. The largest absolute Gasteiger partial charge is 0.460 e. The monoisotopic (exact) mass is 221 g/mol. The highest BCUT2D eigenvalue weighted by atomic mass is 16.6. The van der Waals surface area contributed by atoms with Gasteiger partial charge in [-0.1, -0.05) is 0 Å². The number of carbonyl (C=O) groups is 1. The molecule has 0 aromatic carbocycles. The van der Waals surface area contributed by atoms with Crippen LogP contribution in [0.5, 0.6) is 0 Å². The first-order valence-corrected chi connectivity index (χ1v) is 5.01. The molecule has 0 atom stereocenters. The first-order valence-electron chi connectivity index (χ1n) is 5.01. The molecule has 0 unspecified atom stereocenters. The van der Waals surface area contributed by atoms with E-state index in [-0.39, 0.29) is 19.2 Å². The lowest BCUT2D eigenvalue weighted by Crippen LogP contribution is -2.23. The molecule has 0 amide bonds. The Kier molecular flexibility index (Phi) is 11.1. The minimum atomic E-state index is -0.410. The van der Waals surface area contributed by atoms with Gasteiger partial charge in [0.15, 0.2) is 0 Å². The van der Waals surface area contributed by atoms with Crippen molar-refractivity contribution in [1.29, 1.82) is 0 Å². The Morgan fingerprint density at radius 1 is 1.27 bits per heavy atom. The van der Waals surface area contributed by atoms with Crippen molar-refractivity contribution >= 4 is 5.97 Å². The zero-order valence-corrected chi connectivity index (χ0v) is 9.82. The average molecular weight is 221 g/mol. The summed E-state index contributed by atoms with van der Waals surface area (Å²) in [5.74, 6) is -0.244. The molecule has 0 aliphatic rings. The molecule has 15 heavy (non-hydrogen) atoms. The number of nitrogens with two attached hydrogens (primary N) is 1. The zero-order valence-electron chi connectivity index (χ0n) is 9.82. The Morgan fingerprint density at radius 3 is 2.00 bits per heavy atom.